The molecule has 94 valence electrons. The number of hydrogen-bond donors (Lipinski definition) is 2. The average molecular weight is 251 g/mol. The fourth-order valence-electron chi connectivity index (χ4n) is 1.75. The second-order valence-electron chi connectivity index (χ2n) is 5.37. The first-order chi connectivity index (χ1) is 7.80. The molecule has 0 aliphatic rings. The summed E-state index contributed by atoms with van der Waals surface area (Å²) in [4.78, 5) is 10.7. The summed E-state index contributed by atoms with van der Waals surface area (Å²) < 4.78 is 0. The van der Waals surface area contributed by atoms with Crippen LogP contribution < -0.4 is 5.32 Å². The minimum atomic E-state index is -0.269. The van der Waals surface area contributed by atoms with Gasteiger partial charge in [0, 0.05) is 6.54 Å². The first kappa shape index (κ1) is 14.1. The van der Waals surface area contributed by atoms with Gasteiger partial charge in [0.2, 0.25) is 0 Å². The van der Waals surface area contributed by atoms with Gasteiger partial charge in [-0.25, -0.2) is 0 Å². The van der Waals surface area contributed by atoms with E-state index in [2.05, 4.69) is 63.8 Å². The van der Waals surface area contributed by atoms with Gasteiger partial charge < -0.3 is 5.32 Å². The van der Waals surface area contributed by atoms with Crippen molar-refractivity contribution in [3.8, 4) is 0 Å². The van der Waals surface area contributed by atoms with Gasteiger partial charge in [-0.15, -0.1) is 0 Å². The van der Waals surface area contributed by atoms with E-state index in [4.69, 9.17) is 0 Å². The van der Waals surface area contributed by atoms with E-state index in [1.807, 2.05) is 0 Å². The van der Waals surface area contributed by atoms with Gasteiger partial charge in [0.05, 0.1) is 0 Å². The van der Waals surface area contributed by atoms with Gasteiger partial charge in [-0.05, 0) is 35.4 Å². The van der Waals surface area contributed by atoms with Gasteiger partial charge >= 0.3 is 0 Å². The van der Waals surface area contributed by atoms with Crippen molar-refractivity contribution in [2.75, 3.05) is 6.54 Å². The van der Waals surface area contributed by atoms with Crippen LogP contribution in [-0.4, -0.2) is 11.8 Å². The van der Waals surface area contributed by atoms with Crippen molar-refractivity contribution in [2.45, 2.75) is 39.5 Å². The van der Waals surface area contributed by atoms with Gasteiger partial charge in [0.25, 0.3) is 5.24 Å². The SMILES string of the molecule is Cc1cc(C(C)(C)C)ccc1CCNC(=O)S. The third-order valence-electron chi connectivity index (χ3n) is 2.88. The topological polar surface area (TPSA) is 29.1 Å². The quantitative estimate of drug-likeness (QED) is 0.791. The number of hydrogen-bond acceptors (Lipinski definition) is 1. The molecule has 0 unspecified atom stereocenters. The maximum Gasteiger partial charge on any atom is 0.275 e. The molecule has 0 aromatic heterocycles. The minimum Gasteiger partial charge on any atom is -0.347 e. The summed E-state index contributed by atoms with van der Waals surface area (Å²) in [7, 11) is 0. The highest BCUT2D eigenvalue weighted by molar-refractivity contribution is 7.96. The predicted molar refractivity (Wildman–Crippen MR) is 76.0 cm³/mol. The number of thiol groups is 1. The van der Waals surface area contributed by atoms with E-state index in [1.54, 1.807) is 0 Å². The number of benzene rings is 1. The molecule has 0 spiro atoms. The lowest BCUT2D eigenvalue weighted by molar-refractivity contribution is 0.261. The van der Waals surface area contributed by atoms with Crippen molar-refractivity contribution < 1.29 is 4.79 Å². The molecule has 0 heterocycles. The highest BCUT2D eigenvalue weighted by atomic mass is 32.1. The molecule has 1 rings (SSSR count). The van der Waals surface area contributed by atoms with Crippen LogP contribution in [0.2, 0.25) is 0 Å². The van der Waals surface area contributed by atoms with Gasteiger partial charge in [0.15, 0.2) is 0 Å². The fourth-order valence-corrected chi connectivity index (χ4v) is 1.86. The summed E-state index contributed by atoms with van der Waals surface area (Å²) in [6.45, 7) is 9.39. The molecule has 0 saturated heterocycles. The third kappa shape index (κ3) is 4.43. The Balaban J connectivity index is 2.73. The zero-order valence-corrected chi connectivity index (χ0v) is 11.9. The molecular formula is C14H21NOS. The second kappa shape index (κ2) is 5.58. The molecule has 0 bridgehead atoms. The summed E-state index contributed by atoms with van der Waals surface area (Å²) in [6, 6.07) is 6.56. The summed E-state index contributed by atoms with van der Waals surface area (Å²) >= 11 is 3.67. The molecule has 1 aromatic carbocycles. The van der Waals surface area contributed by atoms with E-state index in [-0.39, 0.29) is 10.7 Å². The Labute approximate surface area is 109 Å². The van der Waals surface area contributed by atoms with Crippen molar-refractivity contribution >= 4 is 17.9 Å². The Hall–Kier alpha value is -0.960. The van der Waals surface area contributed by atoms with Crippen LogP contribution in [0.4, 0.5) is 4.79 Å². The number of aryl methyl sites for hydroxylation is 1. The Morgan fingerprint density at radius 1 is 1.35 bits per heavy atom. The van der Waals surface area contributed by atoms with Crippen molar-refractivity contribution in [1.82, 2.24) is 5.32 Å². The zero-order chi connectivity index (χ0) is 13.1. The molecule has 0 fully saturated rings. The van der Waals surface area contributed by atoms with Crippen molar-refractivity contribution in [2.24, 2.45) is 0 Å². The van der Waals surface area contributed by atoms with Crippen molar-refractivity contribution in [3.05, 3.63) is 34.9 Å². The van der Waals surface area contributed by atoms with Crippen LogP contribution in [-0.2, 0) is 11.8 Å². The molecule has 1 aromatic rings. The van der Waals surface area contributed by atoms with Crippen LogP contribution in [0, 0.1) is 6.92 Å². The Bertz CT molecular complexity index is 407. The first-order valence-corrected chi connectivity index (χ1v) is 6.32. The summed E-state index contributed by atoms with van der Waals surface area (Å²) in [5, 5.41) is 2.42. The molecule has 0 aliphatic carbocycles. The monoisotopic (exact) mass is 251 g/mol. The van der Waals surface area contributed by atoms with Crippen LogP contribution in [0.25, 0.3) is 0 Å². The molecule has 0 saturated carbocycles. The lowest BCUT2D eigenvalue weighted by atomic mass is 9.85. The van der Waals surface area contributed by atoms with Gasteiger partial charge in [-0.2, -0.15) is 0 Å². The Kier molecular flexibility index (Phi) is 4.63. The highest BCUT2D eigenvalue weighted by Crippen LogP contribution is 2.24. The maximum atomic E-state index is 10.7. The number of nitrogens with one attached hydrogen (secondary N) is 1. The van der Waals surface area contributed by atoms with Crippen LogP contribution in [0.15, 0.2) is 18.2 Å². The second-order valence-corrected chi connectivity index (χ2v) is 5.78. The van der Waals surface area contributed by atoms with E-state index in [1.165, 1.54) is 16.7 Å². The highest BCUT2D eigenvalue weighted by Gasteiger charge is 2.14. The van der Waals surface area contributed by atoms with Crippen LogP contribution >= 0.6 is 12.6 Å². The standard InChI is InChI=1S/C14H21NOS/c1-10-9-12(14(2,3)4)6-5-11(10)7-8-15-13(16)17/h5-6,9H,7-8H2,1-4H3,(H2,15,16,17). The van der Waals surface area contributed by atoms with Crippen LogP contribution in [0.5, 0.6) is 0 Å². The van der Waals surface area contributed by atoms with Gasteiger partial charge in [0.1, 0.15) is 0 Å². The smallest absolute Gasteiger partial charge is 0.275 e. The first-order valence-electron chi connectivity index (χ1n) is 5.87. The van der Waals surface area contributed by atoms with Gasteiger partial charge in [-0.3, -0.25) is 4.79 Å². The molecule has 2 nitrogen and oxygen atoms in total. The lowest BCUT2D eigenvalue weighted by Crippen LogP contribution is -2.20. The normalized spacial score (nSPS) is 11.4. The van der Waals surface area contributed by atoms with Crippen molar-refractivity contribution in [1.29, 1.82) is 0 Å². The molecule has 1 N–H and O–H groups in total. The van der Waals surface area contributed by atoms with Crippen molar-refractivity contribution in [3.63, 3.8) is 0 Å². The molecule has 0 atom stereocenters. The Morgan fingerprint density at radius 3 is 2.47 bits per heavy atom. The van der Waals surface area contributed by atoms with Crippen LogP contribution in [0.1, 0.15) is 37.5 Å². The lowest BCUT2D eigenvalue weighted by Gasteiger charge is -2.20. The Morgan fingerprint density at radius 2 is 2.00 bits per heavy atom. The van der Waals surface area contributed by atoms with E-state index in [0.717, 1.165) is 6.42 Å². The van der Waals surface area contributed by atoms with E-state index in [9.17, 15) is 4.79 Å². The summed E-state index contributed by atoms with van der Waals surface area (Å²) in [5.41, 5.74) is 4.09. The number of amides is 1. The van der Waals surface area contributed by atoms with Gasteiger partial charge in [-0.1, -0.05) is 51.6 Å². The molecule has 0 radical (unpaired) electrons. The predicted octanol–water partition coefficient (Wildman–Crippen LogP) is 3.47. The average Bonchev–Trinajstić information content (AvgIpc) is 2.18. The number of carbonyl (C=O) groups is 1. The summed E-state index contributed by atoms with van der Waals surface area (Å²) in [5.74, 6) is 0. The van der Waals surface area contributed by atoms with E-state index >= 15 is 0 Å². The third-order valence-corrected chi connectivity index (χ3v) is 3.04. The number of carbonyl (C=O) groups excluding carboxylic acids is 1. The number of rotatable bonds is 3. The molecule has 3 heteroatoms. The van der Waals surface area contributed by atoms with E-state index in [0.29, 0.717) is 6.54 Å². The molecular weight excluding hydrogens is 230 g/mol. The zero-order valence-electron chi connectivity index (χ0n) is 11.0. The largest absolute Gasteiger partial charge is 0.347 e. The molecule has 1 amide bonds. The van der Waals surface area contributed by atoms with Crippen LogP contribution in [0.3, 0.4) is 0 Å². The summed E-state index contributed by atoms with van der Waals surface area (Å²) in [6.07, 6.45) is 0.850. The molecule has 0 aliphatic heterocycles. The fraction of sp³-hybridized carbons (Fsp3) is 0.500. The minimum absolute atomic E-state index is 0.183. The maximum absolute atomic E-state index is 10.7. The molecule has 17 heavy (non-hydrogen) atoms. The van der Waals surface area contributed by atoms with E-state index < -0.39 is 0 Å².